The lowest BCUT2D eigenvalue weighted by Crippen LogP contribution is -2.25. The van der Waals surface area contributed by atoms with E-state index in [0.717, 1.165) is 37.2 Å². The van der Waals surface area contributed by atoms with Gasteiger partial charge >= 0.3 is 5.97 Å². The van der Waals surface area contributed by atoms with Gasteiger partial charge in [0.15, 0.2) is 0 Å². The topological polar surface area (TPSA) is 40.5 Å². The molecule has 17 heavy (non-hydrogen) atoms. The van der Waals surface area contributed by atoms with E-state index in [4.69, 9.17) is 5.11 Å². The SMILES string of the molecule is CCCN(CCC)c1ccc(C(=O)O)c(C)c1. The first kappa shape index (κ1) is 13.6. The number of carbonyl (C=O) groups is 1. The van der Waals surface area contributed by atoms with E-state index in [1.54, 1.807) is 6.07 Å². The molecule has 0 aliphatic carbocycles. The molecule has 0 saturated heterocycles. The van der Waals surface area contributed by atoms with E-state index >= 15 is 0 Å². The largest absolute Gasteiger partial charge is 0.478 e. The fourth-order valence-electron chi connectivity index (χ4n) is 1.99. The quantitative estimate of drug-likeness (QED) is 0.822. The van der Waals surface area contributed by atoms with Gasteiger partial charge in [-0.2, -0.15) is 0 Å². The number of carboxylic acid groups (broad SMARTS) is 1. The molecule has 3 heteroatoms. The number of hydrogen-bond donors (Lipinski definition) is 1. The van der Waals surface area contributed by atoms with Crippen molar-refractivity contribution in [1.29, 1.82) is 0 Å². The van der Waals surface area contributed by atoms with Gasteiger partial charge in [-0.25, -0.2) is 4.79 Å². The molecule has 1 aromatic carbocycles. The Hall–Kier alpha value is -1.51. The minimum Gasteiger partial charge on any atom is -0.478 e. The van der Waals surface area contributed by atoms with E-state index in [0.29, 0.717) is 5.56 Å². The molecule has 1 aromatic rings. The highest BCUT2D eigenvalue weighted by Crippen LogP contribution is 2.20. The summed E-state index contributed by atoms with van der Waals surface area (Å²) in [5.74, 6) is -0.855. The molecule has 0 heterocycles. The van der Waals surface area contributed by atoms with Crippen LogP contribution in [0.3, 0.4) is 0 Å². The third kappa shape index (κ3) is 3.48. The molecule has 0 spiro atoms. The summed E-state index contributed by atoms with van der Waals surface area (Å²) in [5, 5.41) is 8.99. The minimum absolute atomic E-state index is 0.390. The molecule has 0 aromatic heterocycles. The molecule has 1 rings (SSSR count). The predicted molar refractivity (Wildman–Crippen MR) is 70.9 cm³/mol. The summed E-state index contributed by atoms with van der Waals surface area (Å²) < 4.78 is 0. The van der Waals surface area contributed by atoms with Gasteiger partial charge in [-0.15, -0.1) is 0 Å². The predicted octanol–water partition coefficient (Wildman–Crippen LogP) is 3.32. The third-order valence-corrected chi connectivity index (χ3v) is 2.79. The summed E-state index contributed by atoms with van der Waals surface area (Å²) >= 11 is 0. The van der Waals surface area contributed by atoms with Crippen molar-refractivity contribution in [3.63, 3.8) is 0 Å². The average Bonchev–Trinajstić information content (AvgIpc) is 2.28. The van der Waals surface area contributed by atoms with Crippen LogP contribution in [0.5, 0.6) is 0 Å². The number of rotatable bonds is 6. The van der Waals surface area contributed by atoms with Crippen molar-refractivity contribution < 1.29 is 9.90 Å². The number of nitrogens with zero attached hydrogens (tertiary/aromatic N) is 1. The Morgan fingerprint density at radius 3 is 2.24 bits per heavy atom. The van der Waals surface area contributed by atoms with Crippen molar-refractivity contribution >= 4 is 11.7 Å². The number of hydrogen-bond acceptors (Lipinski definition) is 2. The Bertz CT molecular complexity index is 382. The van der Waals surface area contributed by atoms with Gasteiger partial charge in [0, 0.05) is 18.8 Å². The Labute approximate surface area is 103 Å². The van der Waals surface area contributed by atoms with Gasteiger partial charge in [0.05, 0.1) is 5.56 Å². The van der Waals surface area contributed by atoms with Crippen molar-refractivity contribution in [1.82, 2.24) is 0 Å². The first-order chi connectivity index (χ1) is 8.10. The van der Waals surface area contributed by atoms with Crippen molar-refractivity contribution in [3.8, 4) is 0 Å². The lowest BCUT2D eigenvalue weighted by atomic mass is 10.1. The molecule has 0 radical (unpaired) electrons. The van der Waals surface area contributed by atoms with Gasteiger partial charge in [-0.1, -0.05) is 13.8 Å². The van der Waals surface area contributed by atoms with Gasteiger partial charge in [0.25, 0.3) is 0 Å². The number of anilines is 1. The summed E-state index contributed by atoms with van der Waals surface area (Å²) in [5.41, 5.74) is 2.34. The molecule has 94 valence electrons. The molecule has 1 N–H and O–H groups in total. The zero-order chi connectivity index (χ0) is 12.8. The first-order valence-corrected chi connectivity index (χ1v) is 6.19. The Kier molecular flexibility index (Phi) is 5.01. The van der Waals surface area contributed by atoms with Crippen LogP contribution in [-0.4, -0.2) is 24.2 Å². The summed E-state index contributed by atoms with van der Waals surface area (Å²) in [6.45, 7) is 8.19. The second-order valence-electron chi connectivity index (χ2n) is 4.29. The van der Waals surface area contributed by atoms with Crippen LogP contribution in [0.25, 0.3) is 0 Å². The van der Waals surface area contributed by atoms with E-state index in [2.05, 4.69) is 18.7 Å². The third-order valence-electron chi connectivity index (χ3n) is 2.79. The molecule has 3 nitrogen and oxygen atoms in total. The monoisotopic (exact) mass is 235 g/mol. The maximum absolute atomic E-state index is 10.9. The number of benzene rings is 1. The van der Waals surface area contributed by atoms with E-state index in [9.17, 15) is 4.79 Å². The summed E-state index contributed by atoms with van der Waals surface area (Å²) in [7, 11) is 0. The van der Waals surface area contributed by atoms with Gasteiger partial charge < -0.3 is 10.0 Å². The molecule has 0 amide bonds. The van der Waals surface area contributed by atoms with E-state index in [1.165, 1.54) is 0 Å². The van der Waals surface area contributed by atoms with E-state index in [-0.39, 0.29) is 0 Å². The average molecular weight is 235 g/mol. The van der Waals surface area contributed by atoms with Gasteiger partial charge in [-0.05, 0) is 43.5 Å². The van der Waals surface area contributed by atoms with Crippen molar-refractivity contribution in [2.75, 3.05) is 18.0 Å². The molecule has 0 unspecified atom stereocenters. The van der Waals surface area contributed by atoms with Crippen LogP contribution in [0.4, 0.5) is 5.69 Å². The van der Waals surface area contributed by atoms with Crippen LogP contribution in [0.1, 0.15) is 42.6 Å². The molecule has 0 bridgehead atoms. The second-order valence-corrected chi connectivity index (χ2v) is 4.29. The van der Waals surface area contributed by atoms with Gasteiger partial charge in [0.1, 0.15) is 0 Å². The number of aryl methyl sites for hydroxylation is 1. The standard InChI is InChI=1S/C14H21NO2/c1-4-8-15(9-5-2)12-6-7-13(14(16)17)11(3)10-12/h6-7,10H,4-5,8-9H2,1-3H3,(H,16,17). The molecule has 0 aliphatic rings. The fourth-order valence-corrected chi connectivity index (χ4v) is 1.99. The zero-order valence-corrected chi connectivity index (χ0v) is 10.9. The molecule has 0 atom stereocenters. The maximum atomic E-state index is 10.9. The van der Waals surface area contributed by atoms with Crippen LogP contribution < -0.4 is 4.90 Å². The summed E-state index contributed by atoms with van der Waals surface area (Å²) in [4.78, 5) is 13.2. The molecular weight excluding hydrogens is 214 g/mol. The molecule has 0 saturated carbocycles. The molecule has 0 fully saturated rings. The van der Waals surface area contributed by atoms with Crippen molar-refractivity contribution in [3.05, 3.63) is 29.3 Å². The highest BCUT2D eigenvalue weighted by atomic mass is 16.4. The Morgan fingerprint density at radius 1 is 1.24 bits per heavy atom. The van der Waals surface area contributed by atoms with Crippen LogP contribution >= 0.6 is 0 Å². The van der Waals surface area contributed by atoms with Crippen LogP contribution in [0.15, 0.2) is 18.2 Å². The normalized spacial score (nSPS) is 10.3. The van der Waals surface area contributed by atoms with E-state index in [1.807, 2.05) is 19.1 Å². The zero-order valence-electron chi connectivity index (χ0n) is 10.9. The first-order valence-electron chi connectivity index (χ1n) is 6.19. The second kappa shape index (κ2) is 6.28. The van der Waals surface area contributed by atoms with Crippen molar-refractivity contribution in [2.45, 2.75) is 33.6 Å². The number of aromatic carboxylic acids is 1. The van der Waals surface area contributed by atoms with Crippen LogP contribution in [-0.2, 0) is 0 Å². The Morgan fingerprint density at radius 2 is 1.82 bits per heavy atom. The van der Waals surface area contributed by atoms with Gasteiger partial charge in [-0.3, -0.25) is 0 Å². The maximum Gasteiger partial charge on any atom is 0.335 e. The highest BCUT2D eigenvalue weighted by Gasteiger charge is 2.10. The van der Waals surface area contributed by atoms with Crippen molar-refractivity contribution in [2.24, 2.45) is 0 Å². The smallest absolute Gasteiger partial charge is 0.335 e. The molecule has 0 aliphatic heterocycles. The number of carboxylic acids is 1. The summed E-state index contributed by atoms with van der Waals surface area (Å²) in [6.07, 6.45) is 2.19. The molecular formula is C14H21NO2. The lowest BCUT2D eigenvalue weighted by molar-refractivity contribution is 0.0696. The minimum atomic E-state index is -0.855. The highest BCUT2D eigenvalue weighted by molar-refractivity contribution is 5.89. The van der Waals surface area contributed by atoms with Crippen LogP contribution in [0.2, 0.25) is 0 Å². The van der Waals surface area contributed by atoms with Gasteiger partial charge in [0.2, 0.25) is 0 Å². The summed E-state index contributed by atoms with van der Waals surface area (Å²) in [6, 6.07) is 5.57. The van der Waals surface area contributed by atoms with Crippen LogP contribution in [0, 0.1) is 6.92 Å². The van der Waals surface area contributed by atoms with E-state index < -0.39 is 5.97 Å². The lowest BCUT2D eigenvalue weighted by Gasteiger charge is -2.24. The Balaban J connectivity index is 2.97. The fraction of sp³-hybridized carbons (Fsp3) is 0.500.